The molecule has 1 heterocycles. The van der Waals surface area contributed by atoms with E-state index in [1.165, 1.54) is 12.1 Å². The summed E-state index contributed by atoms with van der Waals surface area (Å²) >= 11 is 5.66. The zero-order valence-corrected chi connectivity index (χ0v) is 13.5. The first-order valence-corrected chi connectivity index (χ1v) is 9.04. The highest BCUT2D eigenvalue weighted by Gasteiger charge is 2.28. The van der Waals surface area contributed by atoms with Crippen molar-refractivity contribution in [3.63, 3.8) is 0 Å². The molecule has 0 saturated carbocycles. The van der Waals surface area contributed by atoms with Crippen molar-refractivity contribution in [2.24, 2.45) is 5.92 Å². The van der Waals surface area contributed by atoms with Crippen LogP contribution in [0.25, 0.3) is 0 Å². The lowest BCUT2D eigenvalue weighted by Crippen LogP contribution is -2.13. The van der Waals surface area contributed by atoms with Crippen molar-refractivity contribution in [2.45, 2.75) is 36.8 Å². The fraction of sp³-hybridized carbons (Fsp3) is 0.400. The lowest BCUT2D eigenvalue weighted by atomic mass is 9.88. The molecule has 1 aromatic carbocycles. The molecule has 0 amide bonds. The SMILES string of the molecule is CC1CCc2onc(CS(=O)(=O)c3ccc(Cl)cc3F)c2C1. The molecular weight excluding hydrogens is 329 g/mol. The first-order chi connectivity index (χ1) is 10.4. The Morgan fingerprint density at radius 1 is 1.45 bits per heavy atom. The number of hydrogen-bond acceptors (Lipinski definition) is 4. The quantitative estimate of drug-likeness (QED) is 0.854. The molecule has 2 aromatic rings. The van der Waals surface area contributed by atoms with Crippen LogP contribution >= 0.6 is 11.6 Å². The van der Waals surface area contributed by atoms with Crippen LogP contribution in [0.5, 0.6) is 0 Å². The maximum absolute atomic E-state index is 13.9. The van der Waals surface area contributed by atoms with Crippen LogP contribution in [-0.2, 0) is 28.4 Å². The van der Waals surface area contributed by atoms with Crippen molar-refractivity contribution in [1.82, 2.24) is 5.16 Å². The van der Waals surface area contributed by atoms with Crippen molar-refractivity contribution in [1.29, 1.82) is 0 Å². The van der Waals surface area contributed by atoms with Gasteiger partial charge in [-0.05, 0) is 37.0 Å². The van der Waals surface area contributed by atoms with Gasteiger partial charge in [0, 0.05) is 17.0 Å². The summed E-state index contributed by atoms with van der Waals surface area (Å²) in [4.78, 5) is -0.363. The minimum atomic E-state index is -3.84. The number of halogens is 2. The van der Waals surface area contributed by atoms with Crippen LogP contribution in [0.3, 0.4) is 0 Å². The van der Waals surface area contributed by atoms with Gasteiger partial charge in [-0.25, -0.2) is 12.8 Å². The number of fused-ring (bicyclic) bond motifs is 1. The van der Waals surface area contributed by atoms with Gasteiger partial charge in [0.2, 0.25) is 0 Å². The van der Waals surface area contributed by atoms with Crippen LogP contribution in [-0.4, -0.2) is 13.6 Å². The van der Waals surface area contributed by atoms with E-state index in [0.29, 0.717) is 11.6 Å². The van der Waals surface area contributed by atoms with Crippen LogP contribution in [0.1, 0.15) is 30.4 Å². The highest BCUT2D eigenvalue weighted by molar-refractivity contribution is 7.90. The fourth-order valence-electron chi connectivity index (χ4n) is 2.74. The minimum Gasteiger partial charge on any atom is -0.361 e. The molecule has 3 rings (SSSR count). The van der Waals surface area contributed by atoms with Gasteiger partial charge >= 0.3 is 0 Å². The highest BCUT2D eigenvalue weighted by Crippen LogP contribution is 2.30. The van der Waals surface area contributed by atoms with Gasteiger partial charge in [-0.1, -0.05) is 23.7 Å². The summed E-state index contributed by atoms with van der Waals surface area (Å²) in [6.07, 6.45) is 2.51. The van der Waals surface area contributed by atoms with E-state index in [-0.39, 0.29) is 15.7 Å². The molecule has 0 bridgehead atoms. The Bertz CT molecular complexity index is 816. The number of aryl methyl sites for hydroxylation is 1. The van der Waals surface area contributed by atoms with Crippen molar-refractivity contribution in [3.8, 4) is 0 Å². The second-order valence-electron chi connectivity index (χ2n) is 5.71. The van der Waals surface area contributed by atoms with Gasteiger partial charge in [-0.3, -0.25) is 0 Å². The van der Waals surface area contributed by atoms with Crippen LogP contribution in [0.2, 0.25) is 5.02 Å². The largest absolute Gasteiger partial charge is 0.361 e. The van der Waals surface area contributed by atoms with E-state index >= 15 is 0 Å². The molecule has 0 aliphatic heterocycles. The summed E-state index contributed by atoms with van der Waals surface area (Å²) in [6.45, 7) is 2.10. The molecule has 0 saturated heterocycles. The van der Waals surface area contributed by atoms with Gasteiger partial charge in [0.25, 0.3) is 0 Å². The maximum atomic E-state index is 13.9. The number of nitrogens with zero attached hydrogens (tertiary/aromatic N) is 1. The molecule has 0 radical (unpaired) electrons. The van der Waals surface area contributed by atoms with Crippen LogP contribution in [0.4, 0.5) is 4.39 Å². The normalized spacial score (nSPS) is 18.2. The van der Waals surface area contributed by atoms with Crippen molar-refractivity contribution < 1.29 is 17.3 Å². The van der Waals surface area contributed by atoms with E-state index in [1.807, 2.05) is 0 Å². The molecular formula is C15H15ClFNO3S. The highest BCUT2D eigenvalue weighted by atomic mass is 35.5. The van der Waals surface area contributed by atoms with E-state index in [1.54, 1.807) is 0 Å². The second kappa shape index (κ2) is 5.66. The summed E-state index contributed by atoms with van der Waals surface area (Å²) in [6, 6.07) is 3.54. The number of sulfone groups is 1. The fourth-order valence-corrected chi connectivity index (χ4v) is 4.27. The lowest BCUT2D eigenvalue weighted by Gasteiger charge is -2.16. The first-order valence-electron chi connectivity index (χ1n) is 7.01. The summed E-state index contributed by atoms with van der Waals surface area (Å²) in [5.74, 6) is -0.00405. The topological polar surface area (TPSA) is 60.2 Å². The Morgan fingerprint density at radius 3 is 2.95 bits per heavy atom. The molecule has 22 heavy (non-hydrogen) atoms. The molecule has 0 spiro atoms. The predicted octanol–water partition coefficient (Wildman–Crippen LogP) is 3.57. The van der Waals surface area contributed by atoms with Gasteiger partial charge in [0.15, 0.2) is 9.84 Å². The molecule has 4 nitrogen and oxygen atoms in total. The zero-order valence-electron chi connectivity index (χ0n) is 12.0. The van der Waals surface area contributed by atoms with Crippen molar-refractivity contribution >= 4 is 21.4 Å². The molecule has 1 unspecified atom stereocenters. The van der Waals surface area contributed by atoms with Gasteiger partial charge in [0.05, 0.1) is 0 Å². The van der Waals surface area contributed by atoms with Gasteiger partial charge in [-0.15, -0.1) is 0 Å². The van der Waals surface area contributed by atoms with Crippen molar-refractivity contribution in [2.75, 3.05) is 0 Å². The van der Waals surface area contributed by atoms with Gasteiger partial charge in [-0.2, -0.15) is 0 Å². The molecule has 0 fully saturated rings. The third-order valence-corrected chi connectivity index (χ3v) is 5.81. The van der Waals surface area contributed by atoms with E-state index in [4.69, 9.17) is 16.1 Å². The Balaban J connectivity index is 1.94. The Kier molecular flexibility index (Phi) is 3.99. The zero-order chi connectivity index (χ0) is 15.9. The maximum Gasteiger partial charge on any atom is 0.187 e. The van der Waals surface area contributed by atoms with Crippen molar-refractivity contribution in [3.05, 3.63) is 46.1 Å². The van der Waals surface area contributed by atoms with Gasteiger partial charge < -0.3 is 4.52 Å². The van der Waals surface area contributed by atoms with Gasteiger partial charge in [0.1, 0.15) is 27.9 Å². The smallest absolute Gasteiger partial charge is 0.187 e. The third-order valence-electron chi connectivity index (χ3n) is 3.92. The summed E-state index contributed by atoms with van der Waals surface area (Å²) < 4.78 is 44.0. The lowest BCUT2D eigenvalue weighted by molar-refractivity contribution is 0.354. The molecule has 1 aliphatic rings. The monoisotopic (exact) mass is 343 g/mol. The standard InChI is InChI=1S/C15H15ClFNO3S/c1-9-2-4-14-11(6-9)13(18-21-14)8-22(19,20)15-5-3-10(16)7-12(15)17/h3,5,7,9H,2,4,6,8H2,1H3. The molecule has 0 N–H and O–H groups in total. The predicted molar refractivity (Wildman–Crippen MR) is 80.0 cm³/mol. The molecule has 118 valence electrons. The van der Waals surface area contributed by atoms with E-state index in [9.17, 15) is 12.8 Å². The Hall–Kier alpha value is -1.40. The average molecular weight is 344 g/mol. The second-order valence-corrected chi connectivity index (χ2v) is 8.11. The van der Waals surface area contributed by atoms with E-state index in [0.717, 1.165) is 36.7 Å². The summed E-state index contributed by atoms with van der Waals surface area (Å²) in [5, 5.41) is 4.04. The number of benzene rings is 1. The molecule has 7 heteroatoms. The third kappa shape index (κ3) is 2.90. The summed E-state index contributed by atoms with van der Waals surface area (Å²) in [5.41, 5.74) is 1.24. The molecule has 1 aromatic heterocycles. The summed E-state index contributed by atoms with van der Waals surface area (Å²) in [7, 11) is -3.84. The number of rotatable bonds is 3. The van der Waals surface area contributed by atoms with E-state index in [2.05, 4.69) is 12.1 Å². The minimum absolute atomic E-state index is 0.157. The first kappa shape index (κ1) is 15.5. The van der Waals surface area contributed by atoms with E-state index < -0.39 is 15.7 Å². The molecule has 1 aliphatic carbocycles. The Morgan fingerprint density at radius 2 is 2.23 bits per heavy atom. The van der Waals surface area contributed by atoms with Crippen LogP contribution in [0, 0.1) is 11.7 Å². The van der Waals surface area contributed by atoms with Crippen LogP contribution < -0.4 is 0 Å². The Labute approximate surface area is 133 Å². The van der Waals surface area contributed by atoms with Crippen LogP contribution in [0.15, 0.2) is 27.6 Å². The molecule has 1 atom stereocenters. The number of aromatic nitrogens is 1. The number of hydrogen-bond donors (Lipinski definition) is 0. The average Bonchev–Trinajstić information content (AvgIpc) is 2.80.